The highest BCUT2D eigenvalue weighted by molar-refractivity contribution is 6.33. The van der Waals surface area contributed by atoms with Crippen LogP contribution in [0, 0.1) is 0 Å². The number of aliphatic imine (C=N–C) groups is 1. The molecule has 0 aliphatic carbocycles. The van der Waals surface area contributed by atoms with E-state index in [0.717, 1.165) is 0 Å². The first kappa shape index (κ1) is 9.74. The molecule has 0 saturated heterocycles. The van der Waals surface area contributed by atoms with Gasteiger partial charge in [0, 0.05) is 30.1 Å². The van der Waals surface area contributed by atoms with Gasteiger partial charge in [0.15, 0.2) is 6.29 Å². The van der Waals surface area contributed by atoms with Crippen LogP contribution in [-0.4, -0.2) is 19.5 Å². The van der Waals surface area contributed by atoms with Gasteiger partial charge in [0.2, 0.25) is 0 Å². The topological polar surface area (TPSA) is 55.4 Å². The van der Waals surface area contributed by atoms with E-state index in [1.165, 1.54) is 6.21 Å². The summed E-state index contributed by atoms with van der Waals surface area (Å²) in [6.45, 7) is 0. The molecule has 0 aromatic heterocycles. The van der Waals surface area contributed by atoms with Gasteiger partial charge in [-0.15, -0.1) is 0 Å². The first-order valence-corrected chi connectivity index (χ1v) is 4.03. The summed E-state index contributed by atoms with van der Waals surface area (Å²) < 4.78 is 0. The summed E-state index contributed by atoms with van der Waals surface area (Å²) in [4.78, 5) is 14.5. The Morgan fingerprint density at radius 2 is 2.15 bits per heavy atom. The second-order valence-corrected chi connectivity index (χ2v) is 2.88. The predicted octanol–water partition coefficient (Wildman–Crippen LogP) is 1.78. The number of carbonyl (C=O) groups excluding carboxylic acids is 1. The lowest BCUT2D eigenvalue weighted by atomic mass is 10.1. The average molecular weight is 197 g/mol. The van der Waals surface area contributed by atoms with Gasteiger partial charge in [-0.2, -0.15) is 0 Å². The van der Waals surface area contributed by atoms with Crippen LogP contribution in [0.15, 0.2) is 17.1 Å². The van der Waals surface area contributed by atoms with Gasteiger partial charge >= 0.3 is 0 Å². The first-order valence-electron chi connectivity index (χ1n) is 3.66. The van der Waals surface area contributed by atoms with Crippen molar-refractivity contribution in [2.45, 2.75) is 0 Å². The number of anilines is 1. The van der Waals surface area contributed by atoms with Gasteiger partial charge in [0.05, 0.1) is 5.02 Å². The summed E-state index contributed by atoms with van der Waals surface area (Å²) in [6, 6.07) is 3.24. The van der Waals surface area contributed by atoms with Crippen molar-refractivity contribution in [1.29, 1.82) is 0 Å². The van der Waals surface area contributed by atoms with Gasteiger partial charge in [-0.3, -0.25) is 9.79 Å². The molecular formula is C9H9ClN2O. The van der Waals surface area contributed by atoms with Crippen molar-refractivity contribution in [3.8, 4) is 0 Å². The van der Waals surface area contributed by atoms with Crippen LogP contribution in [0.2, 0.25) is 5.02 Å². The number of nitrogen functional groups attached to an aromatic ring is 1. The first-order chi connectivity index (χ1) is 6.20. The van der Waals surface area contributed by atoms with Crippen molar-refractivity contribution in [2.75, 3.05) is 12.8 Å². The molecule has 3 nitrogen and oxygen atoms in total. The molecule has 68 valence electrons. The largest absolute Gasteiger partial charge is 0.398 e. The molecule has 0 unspecified atom stereocenters. The molecule has 4 heteroatoms. The van der Waals surface area contributed by atoms with Crippen LogP contribution in [0.1, 0.15) is 15.9 Å². The lowest BCUT2D eigenvalue weighted by Gasteiger charge is -2.04. The molecular weight excluding hydrogens is 188 g/mol. The lowest BCUT2D eigenvalue weighted by Crippen LogP contribution is -1.99. The Balaban J connectivity index is 3.42. The molecule has 13 heavy (non-hydrogen) atoms. The Morgan fingerprint density at radius 1 is 1.46 bits per heavy atom. The Morgan fingerprint density at radius 3 is 2.69 bits per heavy atom. The van der Waals surface area contributed by atoms with E-state index >= 15 is 0 Å². The zero-order chi connectivity index (χ0) is 9.84. The highest BCUT2D eigenvalue weighted by atomic mass is 35.5. The monoisotopic (exact) mass is 196 g/mol. The summed E-state index contributed by atoms with van der Waals surface area (Å²) in [5.41, 5.74) is 7.10. The van der Waals surface area contributed by atoms with E-state index in [0.29, 0.717) is 28.1 Å². The number of nitrogens with zero attached hydrogens (tertiary/aromatic N) is 1. The van der Waals surface area contributed by atoms with E-state index in [1.54, 1.807) is 19.2 Å². The lowest BCUT2D eigenvalue weighted by molar-refractivity contribution is 0.112. The van der Waals surface area contributed by atoms with Gasteiger partial charge < -0.3 is 5.73 Å². The number of hydrogen-bond donors (Lipinski definition) is 1. The molecule has 0 amide bonds. The minimum atomic E-state index is 0.382. The third-order valence-electron chi connectivity index (χ3n) is 1.64. The standard InChI is InChI=1S/C9H9ClN2O/c1-12-4-6-7(5-13)8(10)2-3-9(6)11/h2-5H,11H2,1H3. The fourth-order valence-electron chi connectivity index (χ4n) is 1.02. The van der Waals surface area contributed by atoms with Crippen molar-refractivity contribution in [2.24, 2.45) is 4.99 Å². The fourth-order valence-corrected chi connectivity index (χ4v) is 1.23. The number of carbonyl (C=O) groups is 1. The Bertz CT molecular complexity index is 361. The molecule has 0 heterocycles. The van der Waals surface area contributed by atoms with E-state index in [9.17, 15) is 4.79 Å². The van der Waals surface area contributed by atoms with Crippen LogP contribution in [0.25, 0.3) is 0 Å². The van der Waals surface area contributed by atoms with E-state index in [-0.39, 0.29) is 0 Å². The summed E-state index contributed by atoms with van der Waals surface area (Å²) in [7, 11) is 1.61. The van der Waals surface area contributed by atoms with Gasteiger partial charge in [-0.1, -0.05) is 11.6 Å². The van der Waals surface area contributed by atoms with Gasteiger partial charge in [-0.05, 0) is 12.1 Å². The van der Waals surface area contributed by atoms with E-state index < -0.39 is 0 Å². The second-order valence-electron chi connectivity index (χ2n) is 2.47. The van der Waals surface area contributed by atoms with E-state index in [2.05, 4.69) is 4.99 Å². The van der Waals surface area contributed by atoms with Crippen LogP contribution in [0.4, 0.5) is 5.69 Å². The number of rotatable bonds is 2. The van der Waals surface area contributed by atoms with Gasteiger partial charge in [-0.25, -0.2) is 0 Å². The van der Waals surface area contributed by atoms with Crippen LogP contribution >= 0.6 is 11.6 Å². The van der Waals surface area contributed by atoms with Gasteiger partial charge in [0.1, 0.15) is 0 Å². The number of nitrogens with two attached hydrogens (primary N) is 1. The molecule has 0 bridgehead atoms. The summed E-state index contributed by atoms with van der Waals surface area (Å²) in [5, 5.41) is 0.388. The van der Waals surface area contributed by atoms with Crippen LogP contribution in [0.5, 0.6) is 0 Å². The molecule has 0 atom stereocenters. The summed E-state index contributed by atoms with van der Waals surface area (Å²) >= 11 is 5.79. The number of aldehydes is 1. The van der Waals surface area contributed by atoms with Crippen molar-refractivity contribution in [3.63, 3.8) is 0 Å². The number of benzene rings is 1. The normalized spacial score (nSPS) is 10.6. The number of hydrogen-bond acceptors (Lipinski definition) is 3. The molecule has 0 spiro atoms. The highest BCUT2D eigenvalue weighted by Crippen LogP contribution is 2.22. The minimum Gasteiger partial charge on any atom is -0.398 e. The van der Waals surface area contributed by atoms with Gasteiger partial charge in [0.25, 0.3) is 0 Å². The molecule has 0 aliphatic heterocycles. The SMILES string of the molecule is CN=Cc1c(N)ccc(Cl)c1C=O. The summed E-state index contributed by atoms with van der Waals surface area (Å²) in [6.07, 6.45) is 2.20. The van der Waals surface area contributed by atoms with Crippen LogP contribution in [0.3, 0.4) is 0 Å². The summed E-state index contributed by atoms with van der Waals surface area (Å²) in [5.74, 6) is 0. The Hall–Kier alpha value is -1.35. The molecule has 2 N–H and O–H groups in total. The fraction of sp³-hybridized carbons (Fsp3) is 0.111. The predicted molar refractivity (Wildman–Crippen MR) is 54.8 cm³/mol. The quantitative estimate of drug-likeness (QED) is 0.445. The molecule has 1 rings (SSSR count). The molecule has 0 aliphatic rings. The van der Waals surface area contributed by atoms with Crippen molar-refractivity contribution < 1.29 is 4.79 Å². The second kappa shape index (κ2) is 4.05. The maximum Gasteiger partial charge on any atom is 0.152 e. The Labute approximate surface area is 81.2 Å². The maximum absolute atomic E-state index is 10.7. The average Bonchev–Trinajstić information content (AvgIpc) is 2.12. The Kier molecular flexibility index (Phi) is 3.03. The minimum absolute atomic E-state index is 0.382. The molecule has 1 aromatic rings. The molecule has 0 radical (unpaired) electrons. The van der Waals surface area contributed by atoms with Crippen LogP contribution in [-0.2, 0) is 0 Å². The van der Waals surface area contributed by atoms with E-state index in [4.69, 9.17) is 17.3 Å². The third-order valence-corrected chi connectivity index (χ3v) is 1.97. The molecule has 0 fully saturated rings. The highest BCUT2D eigenvalue weighted by Gasteiger charge is 2.07. The van der Waals surface area contributed by atoms with Crippen molar-refractivity contribution >= 4 is 29.8 Å². The van der Waals surface area contributed by atoms with E-state index in [1.807, 2.05) is 0 Å². The third kappa shape index (κ3) is 1.87. The zero-order valence-electron chi connectivity index (χ0n) is 7.12. The smallest absolute Gasteiger partial charge is 0.152 e. The number of halogens is 1. The zero-order valence-corrected chi connectivity index (χ0v) is 7.88. The van der Waals surface area contributed by atoms with Crippen molar-refractivity contribution in [1.82, 2.24) is 0 Å². The van der Waals surface area contributed by atoms with Crippen LogP contribution < -0.4 is 5.73 Å². The molecule has 1 aromatic carbocycles. The molecule has 0 saturated carbocycles. The van der Waals surface area contributed by atoms with Crippen molar-refractivity contribution in [3.05, 3.63) is 28.3 Å². The maximum atomic E-state index is 10.7.